The van der Waals surface area contributed by atoms with Crippen molar-refractivity contribution in [3.05, 3.63) is 53.4 Å². The van der Waals surface area contributed by atoms with Gasteiger partial charge >= 0.3 is 5.97 Å². The number of rotatable bonds is 6. The van der Waals surface area contributed by atoms with Crippen LogP contribution in [0.5, 0.6) is 0 Å². The van der Waals surface area contributed by atoms with Gasteiger partial charge in [0.05, 0.1) is 17.9 Å². The average Bonchev–Trinajstić information content (AvgIpc) is 3.32. The summed E-state index contributed by atoms with van der Waals surface area (Å²) < 4.78 is 11.3. The first-order chi connectivity index (χ1) is 14.9. The lowest BCUT2D eigenvalue weighted by molar-refractivity contribution is -0.149. The van der Waals surface area contributed by atoms with Crippen molar-refractivity contribution in [2.45, 2.75) is 27.2 Å². The Morgan fingerprint density at radius 2 is 1.90 bits per heavy atom. The fourth-order valence-corrected chi connectivity index (χ4v) is 3.73. The molecule has 4 rings (SSSR count). The topological polar surface area (TPSA) is 108 Å². The zero-order valence-electron chi connectivity index (χ0n) is 17.5. The van der Waals surface area contributed by atoms with E-state index in [2.05, 4.69) is 10.3 Å². The Morgan fingerprint density at radius 1 is 1.16 bits per heavy atom. The number of hydrogen-bond donors (Lipinski definition) is 0. The van der Waals surface area contributed by atoms with E-state index < -0.39 is 23.7 Å². The van der Waals surface area contributed by atoms with E-state index >= 15 is 0 Å². The number of hydrogen-bond acceptors (Lipinski definition) is 7. The molecule has 31 heavy (non-hydrogen) atoms. The Morgan fingerprint density at radius 3 is 2.55 bits per heavy atom. The van der Waals surface area contributed by atoms with E-state index in [1.165, 1.54) is 4.90 Å². The number of aryl methyl sites for hydroxylation is 2. The Kier molecular flexibility index (Phi) is 5.41. The second kappa shape index (κ2) is 8.17. The van der Waals surface area contributed by atoms with Crippen molar-refractivity contribution in [3.8, 4) is 11.3 Å². The van der Waals surface area contributed by atoms with Crippen molar-refractivity contribution < 1.29 is 23.6 Å². The van der Waals surface area contributed by atoms with Crippen LogP contribution in [0.2, 0.25) is 0 Å². The lowest BCUT2D eigenvalue weighted by atomic mass is 10.0. The predicted octanol–water partition coefficient (Wildman–Crippen LogP) is 2.56. The molecular formula is C22H22N4O5. The number of carbonyl (C=O) groups is 3. The van der Waals surface area contributed by atoms with Gasteiger partial charge < -0.3 is 9.26 Å². The minimum Gasteiger partial charge on any atom is -0.465 e. The fraction of sp³-hybridized carbons (Fsp3) is 0.318. The van der Waals surface area contributed by atoms with Crippen LogP contribution >= 0.6 is 0 Å². The summed E-state index contributed by atoms with van der Waals surface area (Å²) in [4.78, 5) is 40.1. The number of carbonyl (C=O) groups excluding carboxylic acids is 3. The molecule has 0 bridgehead atoms. The van der Waals surface area contributed by atoms with Crippen LogP contribution in [0.15, 0.2) is 40.9 Å². The van der Waals surface area contributed by atoms with Gasteiger partial charge in [-0.1, -0.05) is 35.5 Å². The van der Waals surface area contributed by atoms with E-state index in [4.69, 9.17) is 9.26 Å². The first kappa shape index (κ1) is 20.5. The van der Waals surface area contributed by atoms with Gasteiger partial charge in [-0.2, -0.15) is 9.78 Å². The molecule has 0 spiro atoms. The molecule has 1 aromatic carbocycles. The highest BCUT2D eigenvalue weighted by Crippen LogP contribution is 2.33. The fourth-order valence-electron chi connectivity index (χ4n) is 3.73. The van der Waals surface area contributed by atoms with E-state index in [9.17, 15) is 14.4 Å². The second-order valence-corrected chi connectivity index (χ2v) is 7.25. The number of benzene rings is 1. The molecule has 9 heteroatoms. The summed E-state index contributed by atoms with van der Waals surface area (Å²) in [6.45, 7) is 5.48. The molecular weight excluding hydrogens is 400 g/mol. The molecule has 1 atom stereocenters. The first-order valence-electron chi connectivity index (χ1n) is 10.0. The maximum atomic E-state index is 13.2. The Hall–Kier alpha value is -3.75. The summed E-state index contributed by atoms with van der Waals surface area (Å²) in [5.41, 5.74) is 2.74. The number of anilines is 1. The second-order valence-electron chi connectivity index (χ2n) is 7.25. The van der Waals surface area contributed by atoms with Gasteiger partial charge in [-0.15, -0.1) is 0 Å². The molecule has 0 saturated heterocycles. The third-order valence-electron chi connectivity index (χ3n) is 5.21. The van der Waals surface area contributed by atoms with Gasteiger partial charge in [-0.25, -0.2) is 0 Å². The van der Waals surface area contributed by atoms with E-state index in [0.29, 0.717) is 35.0 Å². The normalized spacial score (nSPS) is 15.8. The van der Waals surface area contributed by atoms with Gasteiger partial charge in [-0.3, -0.25) is 19.3 Å². The number of aromatic nitrogens is 3. The molecule has 1 aliphatic heterocycles. The maximum Gasteiger partial charge on any atom is 0.328 e. The van der Waals surface area contributed by atoms with Crippen LogP contribution in [-0.2, 0) is 20.7 Å². The molecule has 0 saturated carbocycles. The van der Waals surface area contributed by atoms with Crippen molar-refractivity contribution in [3.63, 3.8) is 0 Å². The van der Waals surface area contributed by atoms with Gasteiger partial charge in [0.25, 0.3) is 11.8 Å². The third-order valence-corrected chi connectivity index (χ3v) is 5.21. The molecule has 1 aliphatic rings. The zero-order chi connectivity index (χ0) is 22.1. The van der Waals surface area contributed by atoms with Crippen LogP contribution < -0.4 is 4.90 Å². The highest BCUT2D eigenvalue weighted by Gasteiger charge is 2.46. The van der Waals surface area contributed by atoms with Crippen LogP contribution in [-0.4, -0.2) is 45.9 Å². The Balaban J connectivity index is 1.76. The molecule has 0 radical (unpaired) electrons. The molecule has 3 heterocycles. The van der Waals surface area contributed by atoms with Crippen LogP contribution in [0.25, 0.3) is 11.3 Å². The van der Waals surface area contributed by atoms with Crippen LogP contribution in [0.4, 0.5) is 5.82 Å². The molecule has 0 N–H and O–H groups in total. The number of ether oxygens (including phenoxy) is 1. The number of esters is 1. The molecule has 9 nitrogen and oxygen atoms in total. The summed E-state index contributed by atoms with van der Waals surface area (Å²) >= 11 is 0. The van der Waals surface area contributed by atoms with Crippen LogP contribution in [0.1, 0.15) is 28.7 Å². The summed E-state index contributed by atoms with van der Waals surface area (Å²) in [5, 5.41) is 8.33. The van der Waals surface area contributed by atoms with Crippen LogP contribution in [0.3, 0.4) is 0 Å². The Bertz CT molecular complexity index is 1130. The molecule has 1 unspecified atom stereocenters. The van der Waals surface area contributed by atoms with Gasteiger partial charge in [-0.05, 0) is 32.8 Å². The van der Waals surface area contributed by atoms with Gasteiger partial charge in [0.2, 0.25) is 5.92 Å². The predicted molar refractivity (Wildman–Crippen MR) is 110 cm³/mol. The van der Waals surface area contributed by atoms with E-state index in [1.54, 1.807) is 26.8 Å². The zero-order valence-corrected chi connectivity index (χ0v) is 17.5. The summed E-state index contributed by atoms with van der Waals surface area (Å²) in [6, 6.07) is 11.3. The smallest absolute Gasteiger partial charge is 0.328 e. The summed E-state index contributed by atoms with van der Waals surface area (Å²) in [5.74, 6) is -2.95. The van der Waals surface area contributed by atoms with E-state index in [-0.39, 0.29) is 13.2 Å². The lowest BCUT2D eigenvalue weighted by Crippen LogP contribution is -2.51. The monoisotopic (exact) mass is 422 g/mol. The van der Waals surface area contributed by atoms with Gasteiger partial charge in [0.15, 0.2) is 0 Å². The molecule has 160 valence electrons. The highest BCUT2D eigenvalue weighted by atomic mass is 16.5. The Labute approximate surface area is 178 Å². The summed E-state index contributed by atoms with van der Waals surface area (Å²) in [7, 11) is 0. The third kappa shape index (κ3) is 3.63. The minimum absolute atomic E-state index is 0.0657. The van der Waals surface area contributed by atoms with E-state index in [0.717, 1.165) is 10.2 Å². The molecule has 2 aromatic heterocycles. The molecule has 0 fully saturated rings. The van der Waals surface area contributed by atoms with Crippen molar-refractivity contribution >= 4 is 23.6 Å². The van der Waals surface area contributed by atoms with Crippen molar-refractivity contribution in [1.29, 1.82) is 0 Å². The van der Waals surface area contributed by atoms with Crippen molar-refractivity contribution in [1.82, 2.24) is 14.9 Å². The van der Waals surface area contributed by atoms with Crippen molar-refractivity contribution in [2.75, 3.05) is 18.1 Å². The number of amides is 1. The quantitative estimate of drug-likeness (QED) is 0.444. The van der Waals surface area contributed by atoms with Crippen LogP contribution in [0, 0.1) is 19.8 Å². The standard InChI is InChI=1S/C22H22N4O5/c1-4-30-22(29)19-20(27)25(11-10-15-8-6-5-7-9-15)17-12-16(23-26(17)21(19)28)18-13(2)24-31-14(18)3/h5-9,12,19H,4,10-11H2,1-3H3. The first-order valence-corrected chi connectivity index (χ1v) is 10.0. The highest BCUT2D eigenvalue weighted by molar-refractivity contribution is 6.23. The molecule has 3 aromatic rings. The number of fused-ring (bicyclic) bond motifs is 1. The maximum absolute atomic E-state index is 13.2. The number of nitrogens with zero attached hydrogens (tertiary/aromatic N) is 4. The molecule has 1 amide bonds. The van der Waals surface area contributed by atoms with Gasteiger partial charge in [0.1, 0.15) is 17.3 Å². The SMILES string of the molecule is CCOC(=O)C1C(=O)N(CCc2ccccc2)c2cc(-c3c(C)noc3C)nn2C1=O. The minimum atomic E-state index is -1.58. The van der Waals surface area contributed by atoms with Crippen molar-refractivity contribution in [2.24, 2.45) is 5.92 Å². The largest absolute Gasteiger partial charge is 0.465 e. The lowest BCUT2D eigenvalue weighted by Gasteiger charge is -2.30. The molecule has 0 aliphatic carbocycles. The van der Waals surface area contributed by atoms with Gasteiger partial charge in [0, 0.05) is 12.6 Å². The average molecular weight is 422 g/mol. The van der Waals surface area contributed by atoms with E-state index in [1.807, 2.05) is 30.3 Å². The summed E-state index contributed by atoms with van der Waals surface area (Å²) in [6.07, 6.45) is 0.544.